The van der Waals surface area contributed by atoms with Crippen LogP contribution in [0.3, 0.4) is 0 Å². The number of rotatable bonds is 5. The van der Waals surface area contributed by atoms with Gasteiger partial charge in [-0.1, -0.05) is 0 Å². The largest absolute Gasteiger partial charge is 0.381 e. The quantitative estimate of drug-likeness (QED) is 0.888. The third-order valence-corrected chi connectivity index (χ3v) is 4.69. The molecule has 3 rings (SSSR count). The van der Waals surface area contributed by atoms with E-state index in [0.29, 0.717) is 11.9 Å². The van der Waals surface area contributed by atoms with Gasteiger partial charge in [-0.3, -0.25) is 0 Å². The molecule has 6 heteroatoms. The van der Waals surface area contributed by atoms with Gasteiger partial charge in [0.2, 0.25) is 5.95 Å². The summed E-state index contributed by atoms with van der Waals surface area (Å²) in [4.78, 5) is 11.5. The van der Waals surface area contributed by atoms with Crippen LogP contribution in [0.15, 0.2) is 6.07 Å². The highest BCUT2D eigenvalue weighted by Crippen LogP contribution is 2.30. The van der Waals surface area contributed by atoms with Crippen molar-refractivity contribution in [2.75, 3.05) is 36.9 Å². The lowest BCUT2D eigenvalue weighted by Gasteiger charge is -2.22. The maximum atomic E-state index is 5.41. The van der Waals surface area contributed by atoms with Gasteiger partial charge in [0.05, 0.1) is 5.39 Å². The number of anilines is 2. The number of thiophene rings is 1. The molecule has 21 heavy (non-hydrogen) atoms. The molecule has 2 aromatic heterocycles. The summed E-state index contributed by atoms with van der Waals surface area (Å²) >= 11 is 1.72. The third kappa shape index (κ3) is 3.44. The third-order valence-electron chi connectivity index (χ3n) is 3.75. The second-order valence-corrected chi connectivity index (χ2v) is 6.67. The molecule has 0 saturated carbocycles. The number of nitrogens with one attached hydrogen (secondary N) is 2. The van der Waals surface area contributed by atoms with E-state index in [1.807, 2.05) is 0 Å². The first-order valence-electron chi connectivity index (χ1n) is 7.60. The van der Waals surface area contributed by atoms with Crippen molar-refractivity contribution in [2.45, 2.75) is 26.7 Å². The van der Waals surface area contributed by atoms with Crippen molar-refractivity contribution in [3.8, 4) is 0 Å². The molecular formula is C15H22N4OS. The Morgan fingerprint density at radius 1 is 1.29 bits per heavy atom. The minimum absolute atomic E-state index is 0.672. The van der Waals surface area contributed by atoms with E-state index in [2.05, 4.69) is 40.5 Å². The van der Waals surface area contributed by atoms with Crippen LogP contribution in [0.2, 0.25) is 0 Å². The van der Waals surface area contributed by atoms with Crippen molar-refractivity contribution in [2.24, 2.45) is 5.92 Å². The summed E-state index contributed by atoms with van der Waals surface area (Å²) in [6.07, 6.45) is 2.26. The predicted octanol–water partition coefficient (Wildman–Crippen LogP) is 3.27. The van der Waals surface area contributed by atoms with Crippen LogP contribution in [0.1, 0.15) is 24.6 Å². The zero-order valence-corrected chi connectivity index (χ0v) is 13.4. The number of fused-ring (bicyclic) bond motifs is 1. The zero-order chi connectivity index (χ0) is 14.7. The fourth-order valence-electron chi connectivity index (χ4n) is 2.61. The van der Waals surface area contributed by atoms with Crippen LogP contribution < -0.4 is 10.6 Å². The Bertz CT molecular complexity index is 607. The topological polar surface area (TPSA) is 59.1 Å². The van der Waals surface area contributed by atoms with Crippen molar-refractivity contribution in [1.82, 2.24) is 9.97 Å². The molecule has 3 heterocycles. The van der Waals surface area contributed by atoms with Crippen LogP contribution in [0, 0.1) is 12.8 Å². The van der Waals surface area contributed by atoms with Crippen LogP contribution in [-0.4, -0.2) is 36.3 Å². The molecule has 114 valence electrons. The van der Waals surface area contributed by atoms with Crippen LogP contribution in [-0.2, 0) is 4.74 Å². The van der Waals surface area contributed by atoms with E-state index >= 15 is 0 Å². The van der Waals surface area contributed by atoms with Crippen molar-refractivity contribution < 1.29 is 4.74 Å². The molecule has 1 aliphatic rings. The van der Waals surface area contributed by atoms with Crippen LogP contribution in [0.5, 0.6) is 0 Å². The monoisotopic (exact) mass is 306 g/mol. The summed E-state index contributed by atoms with van der Waals surface area (Å²) in [6, 6.07) is 2.17. The zero-order valence-electron chi connectivity index (χ0n) is 12.6. The number of hydrogen-bond acceptors (Lipinski definition) is 6. The molecule has 1 saturated heterocycles. The highest BCUT2D eigenvalue weighted by molar-refractivity contribution is 7.18. The standard InChI is InChI=1S/C15H22N4OS/c1-3-16-15-18-13(12-8-10(2)21-14(12)19-15)17-9-11-4-6-20-7-5-11/h8,11H,3-7,9H2,1-2H3,(H2,16,17,18,19). The number of aryl methyl sites for hydroxylation is 1. The van der Waals surface area contributed by atoms with Crippen molar-refractivity contribution >= 4 is 33.3 Å². The Labute approximate surface area is 129 Å². The van der Waals surface area contributed by atoms with Gasteiger partial charge in [0.15, 0.2) is 0 Å². The molecule has 0 aliphatic carbocycles. The first-order chi connectivity index (χ1) is 10.3. The predicted molar refractivity (Wildman–Crippen MR) is 88.3 cm³/mol. The molecule has 0 bridgehead atoms. The second-order valence-electron chi connectivity index (χ2n) is 5.44. The summed E-state index contributed by atoms with van der Waals surface area (Å²) in [5.41, 5.74) is 0. The molecule has 5 nitrogen and oxygen atoms in total. The van der Waals surface area contributed by atoms with Gasteiger partial charge in [-0.25, -0.2) is 4.98 Å². The van der Waals surface area contributed by atoms with E-state index in [1.165, 1.54) is 4.88 Å². The molecule has 0 aromatic carbocycles. The van der Waals surface area contributed by atoms with Crippen LogP contribution >= 0.6 is 11.3 Å². The van der Waals surface area contributed by atoms with Gasteiger partial charge < -0.3 is 15.4 Å². The Morgan fingerprint density at radius 3 is 2.86 bits per heavy atom. The van der Waals surface area contributed by atoms with Gasteiger partial charge in [-0.05, 0) is 38.7 Å². The van der Waals surface area contributed by atoms with Gasteiger partial charge in [0.25, 0.3) is 0 Å². The normalized spacial score (nSPS) is 16.3. The molecule has 0 amide bonds. The molecular weight excluding hydrogens is 284 g/mol. The molecule has 0 atom stereocenters. The lowest BCUT2D eigenvalue weighted by molar-refractivity contribution is 0.0699. The Balaban J connectivity index is 1.81. The van der Waals surface area contributed by atoms with Gasteiger partial charge in [0, 0.05) is 31.2 Å². The van der Waals surface area contributed by atoms with E-state index in [1.54, 1.807) is 11.3 Å². The fourth-order valence-corrected chi connectivity index (χ4v) is 3.48. The molecule has 1 fully saturated rings. The van der Waals surface area contributed by atoms with Crippen molar-refractivity contribution in [1.29, 1.82) is 0 Å². The maximum absolute atomic E-state index is 5.41. The van der Waals surface area contributed by atoms with E-state index in [4.69, 9.17) is 4.74 Å². The fraction of sp³-hybridized carbons (Fsp3) is 0.600. The summed E-state index contributed by atoms with van der Waals surface area (Å²) in [5, 5.41) is 7.87. The first-order valence-corrected chi connectivity index (χ1v) is 8.41. The molecule has 2 N–H and O–H groups in total. The molecule has 0 unspecified atom stereocenters. The minimum atomic E-state index is 0.672. The minimum Gasteiger partial charge on any atom is -0.381 e. The summed E-state index contributed by atoms with van der Waals surface area (Å²) < 4.78 is 5.41. The molecule has 2 aromatic rings. The second kappa shape index (κ2) is 6.58. The smallest absolute Gasteiger partial charge is 0.226 e. The molecule has 1 aliphatic heterocycles. The van der Waals surface area contributed by atoms with Crippen molar-refractivity contribution in [3.63, 3.8) is 0 Å². The SMILES string of the molecule is CCNc1nc(NCC2CCOCC2)c2cc(C)sc2n1. The van der Waals surface area contributed by atoms with Gasteiger partial charge in [-0.2, -0.15) is 4.98 Å². The molecule has 0 radical (unpaired) electrons. The Kier molecular flexibility index (Phi) is 4.55. The van der Waals surface area contributed by atoms with Crippen LogP contribution in [0.25, 0.3) is 10.2 Å². The molecule has 0 spiro atoms. The van der Waals surface area contributed by atoms with E-state index in [-0.39, 0.29) is 0 Å². The van der Waals surface area contributed by atoms with Gasteiger partial charge >= 0.3 is 0 Å². The van der Waals surface area contributed by atoms with E-state index in [9.17, 15) is 0 Å². The van der Waals surface area contributed by atoms with Crippen LogP contribution in [0.4, 0.5) is 11.8 Å². The average molecular weight is 306 g/mol. The van der Waals surface area contributed by atoms with E-state index < -0.39 is 0 Å². The number of nitrogens with zero attached hydrogens (tertiary/aromatic N) is 2. The maximum Gasteiger partial charge on any atom is 0.226 e. The summed E-state index contributed by atoms with van der Waals surface area (Å²) in [6.45, 7) is 7.71. The van der Waals surface area contributed by atoms with Gasteiger partial charge in [-0.15, -0.1) is 11.3 Å². The van der Waals surface area contributed by atoms with E-state index in [0.717, 1.165) is 55.2 Å². The number of ether oxygens (including phenoxy) is 1. The van der Waals surface area contributed by atoms with Crippen molar-refractivity contribution in [3.05, 3.63) is 10.9 Å². The summed E-state index contributed by atoms with van der Waals surface area (Å²) in [5.74, 6) is 2.33. The number of hydrogen-bond donors (Lipinski definition) is 2. The van der Waals surface area contributed by atoms with Gasteiger partial charge in [0.1, 0.15) is 10.6 Å². The number of aromatic nitrogens is 2. The Hall–Kier alpha value is -1.40. The Morgan fingerprint density at radius 2 is 2.10 bits per heavy atom. The summed E-state index contributed by atoms with van der Waals surface area (Å²) in [7, 11) is 0. The lowest BCUT2D eigenvalue weighted by atomic mass is 10.0. The highest BCUT2D eigenvalue weighted by atomic mass is 32.1. The first kappa shape index (κ1) is 14.5. The average Bonchev–Trinajstić information content (AvgIpc) is 2.86. The lowest BCUT2D eigenvalue weighted by Crippen LogP contribution is -2.23. The highest BCUT2D eigenvalue weighted by Gasteiger charge is 2.15.